The number of amides is 1. The lowest BCUT2D eigenvalue weighted by atomic mass is 10.0. The molecule has 0 radical (unpaired) electrons. The van der Waals surface area contributed by atoms with Crippen molar-refractivity contribution in [3.8, 4) is 0 Å². The summed E-state index contributed by atoms with van der Waals surface area (Å²) in [6.07, 6.45) is 0.0735. The summed E-state index contributed by atoms with van der Waals surface area (Å²) >= 11 is 7.59. The van der Waals surface area contributed by atoms with Crippen LogP contribution in [0.1, 0.15) is 22.2 Å². The maximum atomic E-state index is 12.9. The molecule has 1 atom stereocenters. The van der Waals surface area contributed by atoms with Gasteiger partial charge in [-0.05, 0) is 35.2 Å². The first-order chi connectivity index (χ1) is 14.0. The molecule has 29 heavy (non-hydrogen) atoms. The van der Waals surface area contributed by atoms with Crippen molar-refractivity contribution in [2.75, 3.05) is 0 Å². The third-order valence-corrected chi connectivity index (χ3v) is 5.89. The minimum absolute atomic E-state index is 0.0735. The standard InChI is InChI=1S/C22H18ClN3O2S/c1-26-22(28)17-6-3-2-5-16(17)18(25-26)13-20(27)24-21(19-7-4-12-29-19)14-8-10-15(23)11-9-14/h2-12,21H,13H2,1H3,(H,24,27). The number of nitrogens with zero attached hydrogens (tertiary/aromatic N) is 2. The molecular weight excluding hydrogens is 406 g/mol. The Balaban J connectivity index is 1.64. The van der Waals surface area contributed by atoms with Gasteiger partial charge in [-0.1, -0.05) is 48.0 Å². The van der Waals surface area contributed by atoms with Crippen molar-refractivity contribution in [3.05, 3.63) is 97.6 Å². The van der Waals surface area contributed by atoms with Crippen molar-refractivity contribution in [2.45, 2.75) is 12.5 Å². The number of thiophene rings is 1. The van der Waals surface area contributed by atoms with Crippen LogP contribution < -0.4 is 10.9 Å². The summed E-state index contributed by atoms with van der Waals surface area (Å²) in [5, 5.41) is 11.3. The van der Waals surface area contributed by atoms with Crippen LogP contribution in [0.2, 0.25) is 5.02 Å². The highest BCUT2D eigenvalue weighted by Gasteiger charge is 2.20. The number of hydrogen-bond acceptors (Lipinski definition) is 4. The van der Waals surface area contributed by atoms with Crippen molar-refractivity contribution in [2.24, 2.45) is 7.05 Å². The molecule has 0 fully saturated rings. The predicted octanol–water partition coefficient (Wildman–Crippen LogP) is 4.10. The number of carbonyl (C=O) groups is 1. The Kier molecular flexibility index (Phi) is 5.47. The highest BCUT2D eigenvalue weighted by molar-refractivity contribution is 7.10. The molecule has 0 aliphatic heterocycles. The zero-order valence-electron chi connectivity index (χ0n) is 15.6. The zero-order valence-corrected chi connectivity index (χ0v) is 17.2. The molecule has 2 aromatic heterocycles. The minimum atomic E-state index is -0.279. The van der Waals surface area contributed by atoms with Crippen LogP contribution in [-0.2, 0) is 18.3 Å². The Morgan fingerprint density at radius 1 is 1.10 bits per heavy atom. The van der Waals surface area contributed by atoms with E-state index >= 15 is 0 Å². The van der Waals surface area contributed by atoms with Gasteiger partial charge in [-0.15, -0.1) is 11.3 Å². The van der Waals surface area contributed by atoms with Gasteiger partial charge in [0.15, 0.2) is 0 Å². The fraction of sp³-hybridized carbons (Fsp3) is 0.136. The molecule has 0 aliphatic carbocycles. The smallest absolute Gasteiger partial charge is 0.274 e. The minimum Gasteiger partial charge on any atom is -0.344 e. The summed E-state index contributed by atoms with van der Waals surface area (Å²) in [4.78, 5) is 26.3. The lowest BCUT2D eigenvalue weighted by Gasteiger charge is -2.18. The van der Waals surface area contributed by atoms with Gasteiger partial charge in [0.2, 0.25) is 5.91 Å². The third kappa shape index (κ3) is 4.09. The molecule has 4 rings (SSSR count). The topological polar surface area (TPSA) is 64.0 Å². The van der Waals surface area contributed by atoms with Gasteiger partial charge in [0.1, 0.15) is 0 Å². The molecule has 0 aliphatic rings. The summed E-state index contributed by atoms with van der Waals surface area (Å²) in [5.74, 6) is -0.172. The second-order valence-electron chi connectivity index (χ2n) is 6.67. The van der Waals surface area contributed by atoms with Crippen molar-refractivity contribution < 1.29 is 4.79 Å². The molecule has 4 aromatic rings. The lowest BCUT2D eigenvalue weighted by molar-refractivity contribution is -0.121. The molecule has 2 heterocycles. The van der Waals surface area contributed by atoms with Gasteiger partial charge in [-0.3, -0.25) is 9.59 Å². The van der Waals surface area contributed by atoms with Crippen LogP contribution in [0.5, 0.6) is 0 Å². The van der Waals surface area contributed by atoms with E-state index in [9.17, 15) is 9.59 Å². The van der Waals surface area contributed by atoms with Gasteiger partial charge < -0.3 is 5.32 Å². The van der Waals surface area contributed by atoms with Crippen LogP contribution in [-0.4, -0.2) is 15.7 Å². The molecule has 0 bridgehead atoms. The quantitative estimate of drug-likeness (QED) is 0.525. The van der Waals surface area contributed by atoms with E-state index in [0.717, 1.165) is 10.4 Å². The molecule has 1 unspecified atom stereocenters. The maximum absolute atomic E-state index is 12.9. The van der Waals surface area contributed by atoms with Gasteiger partial charge in [-0.25, -0.2) is 4.68 Å². The number of benzene rings is 2. The Hall–Kier alpha value is -2.96. The van der Waals surface area contributed by atoms with E-state index in [1.54, 1.807) is 30.5 Å². The summed E-state index contributed by atoms with van der Waals surface area (Å²) in [6.45, 7) is 0. The molecule has 0 saturated heterocycles. The van der Waals surface area contributed by atoms with Crippen LogP contribution in [0, 0.1) is 0 Å². The summed E-state index contributed by atoms with van der Waals surface area (Å²) < 4.78 is 1.28. The molecular formula is C22H18ClN3O2S. The van der Waals surface area contributed by atoms with Crippen molar-refractivity contribution in [1.29, 1.82) is 0 Å². The van der Waals surface area contributed by atoms with E-state index in [2.05, 4.69) is 10.4 Å². The number of rotatable bonds is 5. The molecule has 1 amide bonds. The van der Waals surface area contributed by atoms with Crippen LogP contribution in [0.3, 0.4) is 0 Å². The molecule has 146 valence electrons. The number of aromatic nitrogens is 2. The van der Waals surface area contributed by atoms with Crippen LogP contribution >= 0.6 is 22.9 Å². The number of carbonyl (C=O) groups excluding carboxylic acids is 1. The molecule has 1 N–H and O–H groups in total. The lowest BCUT2D eigenvalue weighted by Crippen LogP contribution is -2.31. The zero-order chi connectivity index (χ0) is 20.4. The Bertz CT molecular complexity index is 1220. The molecule has 0 saturated carbocycles. The molecule has 0 spiro atoms. The number of nitrogens with one attached hydrogen (secondary N) is 1. The predicted molar refractivity (Wildman–Crippen MR) is 116 cm³/mol. The molecule has 2 aromatic carbocycles. The van der Waals surface area contributed by atoms with Crippen LogP contribution in [0.4, 0.5) is 0 Å². The number of fused-ring (bicyclic) bond motifs is 1. The average Bonchev–Trinajstić information content (AvgIpc) is 3.25. The van der Waals surface area contributed by atoms with Crippen molar-refractivity contribution in [3.63, 3.8) is 0 Å². The normalized spacial score (nSPS) is 12.1. The van der Waals surface area contributed by atoms with Gasteiger partial charge in [-0.2, -0.15) is 5.10 Å². The second kappa shape index (κ2) is 8.19. The van der Waals surface area contributed by atoms with E-state index in [4.69, 9.17) is 11.6 Å². The van der Waals surface area contributed by atoms with Crippen molar-refractivity contribution in [1.82, 2.24) is 15.1 Å². The van der Waals surface area contributed by atoms with E-state index in [1.165, 1.54) is 4.68 Å². The number of aryl methyl sites for hydroxylation is 1. The largest absolute Gasteiger partial charge is 0.344 e. The summed E-state index contributed by atoms with van der Waals surface area (Å²) in [7, 11) is 1.60. The maximum Gasteiger partial charge on any atom is 0.274 e. The van der Waals surface area contributed by atoms with Gasteiger partial charge in [0, 0.05) is 22.3 Å². The Labute approximate surface area is 176 Å². The van der Waals surface area contributed by atoms with Crippen LogP contribution in [0.25, 0.3) is 10.8 Å². The van der Waals surface area contributed by atoms with E-state index in [1.807, 2.05) is 53.9 Å². The first-order valence-corrected chi connectivity index (χ1v) is 10.3. The Morgan fingerprint density at radius 2 is 1.83 bits per heavy atom. The van der Waals surface area contributed by atoms with Gasteiger partial charge in [0.25, 0.3) is 5.56 Å². The second-order valence-corrected chi connectivity index (χ2v) is 8.08. The van der Waals surface area contributed by atoms with E-state index < -0.39 is 0 Å². The fourth-order valence-corrected chi connectivity index (χ4v) is 4.23. The monoisotopic (exact) mass is 423 g/mol. The SMILES string of the molecule is Cn1nc(CC(=O)NC(c2ccc(Cl)cc2)c2cccs2)c2ccccc2c1=O. The first kappa shape index (κ1) is 19.4. The average molecular weight is 424 g/mol. The number of halogens is 1. The molecule has 7 heteroatoms. The van der Waals surface area contributed by atoms with Crippen LogP contribution in [0.15, 0.2) is 70.8 Å². The third-order valence-electron chi connectivity index (χ3n) is 4.70. The summed E-state index contributed by atoms with van der Waals surface area (Å²) in [6, 6.07) is 18.3. The highest BCUT2D eigenvalue weighted by atomic mass is 35.5. The molecule has 5 nitrogen and oxygen atoms in total. The highest BCUT2D eigenvalue weighted by Crippen LogP contribution is 2.27. The van der Waals surface area contributed by atoms with Gasteiger partial charge >= 0.3 is 0 Å². The van der Waals surface area contributed by atoms with E-state index in [0.29, 0.717) is 21.5 Å². The first-order valence-electron chi connectivity index (χ1n) is 9.06. The Morgan fingerprint density at radius 3 is 2.52 bits per heavy atom. The fourth-order valence-electron chi connectivity index (χ4n) is 3.30. The van der Waals surface area contributed by atoms with Gasteiger partial charge in [0.05, 0.1) is 23.5 Å². The van der Waals surface area contributed by atoms with E-state index in [-0.39, 0.29) is 23.9 Å². The number of hydrogen-bond donors (Lipinski definition) is 1. The van der Waals surface area contributed by atoms with Crippen molar-refractivity contribution >= 4 is 39.6 Å². The summed E-state index contributed by atoms with van der Waals surface area (Å²) in [5.41, 5.74) is 1.34.